The van der Waals surface area contributed by atoms with E-state index in [1.165, 1.54) is 12.1 Å². The van der Waals surface area contributed by atoms with E-state index in [-0.39, 0.29) is 5.69 Å². The molecule has 0 aliphatic heterocycles. The maximum atomic E-state index is 11.1. The Morgan fingerprint density at radius 3 is 2.23 bits per heavy atom. The van der Waals surface area contributed by atoms with E-state index < -0.39 is 4.92 Å². The molecule has 152 valence electrons. The Bertz CT molecular complexity index is 1410. The smallest absolute Gasteiger partial charge is 0.269 e. The highest BCUT2D eigenvalue weighted by Crippen LogP contribution is 2.30. The fourth-order valence-electron chi connectivity index (χ4n) is 3.49. The maximum Gasteiger partial charge on any atom is 0.269 e. The van der Waals surface area contributed by atoms with Crippen LogP contribution in [0.2, 0.25) is 0 Å². The standard InChI is InChI=1S/C23H17N5O3/c1-2-31-18-13-11-16(12-14-18)27-22(15-7-9-17(10-8-15)28(29)30)26-21-23(27)25-20-6-4-3-5-19(20)24-21/h3-14H,2H2,1H3. The fraction of sp³-hybridized carbons (Fsp3) is 0.0870. The number of hydrogen-bond donors (Lipinski definition) is 0. The van der Waals surface area contributed by atoms with Crippen molar-refractivity contribution in [2.75, 3.05) is 6.61 Å². The van der Waals surface area contributed by atoms with Gasteiger partial charge in [0.1, 0.15) is 11.6 Å². The summed E-state index contributed by atoms with van der Waals surface area (Å²) in [6.45, 7) is 2.52. The highest BCUT2D eigenvalue weighted by Gasteiger charge is 2.18. The van der Waals surface area contributed by atoms with Gasteiger partial charge in [-0.2, -0.15) is 0 Å². The summed E-state index contributed by atoms with van der Waals surface area (Å²) >= 11 is 0. The number of nitro benzene ring substituents is 1. The summed E-state index contributed by atoms with van der Waals surface area (Å²) < 4.78 is 7.47. The fourth-order valence-corrected chi connectivity index (χ4v) is 3.49. The number of fused-ring (bicyclic) bond motifs is 2. The third kappa shape index (κ3) is 3.33. The lowest BCUT2D eigenvalue weighted by molar-refractivity contribution is -0.384. The molecule has 8 nitrogen and oxygen atoms in total. The molecular weight excluding hydrogens is 394 g/mol. The Hall–Kier alpha value is -4.33. The number of non-ortho nitro benzene ring substituents is 1. The largest absolute Gasteiger partial charge is 0.494 e. The van der Waals surface area contributed by atoms with Gasteiger partial charge in [-0.15, -0.1) is 0 Å². The Balaban J connectivity index is 1.75. The molecule has 0 aliphatic rings. The third-order valence-electron chi connectivity index (χ3n) is 4.91. The van der Waals surface area contributed by atoms with Crippen molar-refractivity contribution in [3.8, 4) is 22.8 Å². The molecule has 2 heterocycles. The van der Waals surface area contributed by atoms with Crippen molar-refractivity contribution < 1.29 is 9.66 Å². The zero-order valence-electron chi connectivity index (χ0n) is 16.6. The molecule has 0 N–H and O–H groups in total. The molecule has 8 heteroatoms. The summed E-state index contributed by atoms with van der Waals surface area (Å²) in [5, 5.41) is 11.1. The minimum absolute atomic E-state index is 0.0227. The molecule has 2 aromatic heterocycles. The quantitative estimate of drug-likeness (QED) is 0.300. The number of rotatable bonds is 5. The van der Waals surface area contributed by atoms with Gasteiger partial charge >= 0.3 is 0 Å². The van der Waals surface area contributed by atoms with Crippen molar-refractivity contribution in [3.05, 3.63) is 82.9 Å². The lowest BCUT2D eigenvalue weighted by atomic mass is 10.2. The van der Waals surface area contributed by atoms with Crippen molar-refractivity contribution in [2.24, 2.45) is 0 Å². The van der Waals surface area contributed by atoms with Crippen LogP contribution in [0.4, 0.5) is 5.69 Å². The molecule has 5 aromatic rings. The van der Waals surface area contributed by atoms with Crippen LogP contribution in [0.15, 0.2) is 72.8 Å². The molecule has 31 heavy (non-hydrogen) atoms. The number of aromatic nitrogens is 4. The van der Waals surface area contributed by atoms with Crippen LogP contribution < -0.4 is 4.74 Å². The van der Waals surface area contributed by atoms with E-state index >= 15 is 0 Å². The SMILES string of the molecule is CCOc1ccc(-n2c(-c3ccc([N+](=O)[O-])cc3)nc3nc4ccccc4nc32)cc1. The van der Waals surface area contributed by atoms with Crippen LogP contribution in [0, 0.1) is 10.1 Å². The van der Waals surface area contributed by atoms with Crippen molar-refractivity contribution in [3.63, 3.8) is 0 Å². The molecule has 0 saturated carbocycles. The molecule has 0 bridgehead atoms. The molecule has 0 unspecified atom stereocenters. The third-order valence-corrected chi connectivity index (χ3v) is 4.91. The Morgan fingerprint density at radius 1 is 0.903 bits per heavy atom. The summed E-state index contributed by atoms with van der Waals surface area (Å²) in [7, 11) is 0. The van der Waals surface area contributed by atoms with Crippen LogP contribution in [0.3, 0.4) is 0 Å². The normalized spacial score (nSPS) is 11.1. The number of imidazole rings is 1. The van der Waals surface area contributed by atoms with E-state index in [2.05, 4.69) is 4.98 Å². The second-order valence-electron chi connectivity index (χ2n) is 6.86. The summed E-state index contributed by atoms with van der Waals surface area (Å²) in [4.78, 5) is 24.8. The van der Waals surface area contributed by atoms with E-state index in [0.29, 0.717) is 23.7 Å². The van der Waals surface area contributed by atoms with Crippen molar-refractivity contribution >= 4 is 28.0 Å². The van der Waals surface area contributed by atoms with Crippen LogP contribution in [0.25, 0.3) is 39.4 Å². The van der Waals surface area contributed by atoms with Gasteiger partial charge in [0, 0.05) is 23.4 Å². The molecule has 0 fully saturated rings. The van der Waals surface area contributed by atoms with Crippen LogP contribution in [0.5, 0.6) is 5.75 Å². The minimum atomic E-state index is -0.422. The number of nitro groups is 1. The Morgan fingerprint density at radius 2 is 1.58 bits per heavy atom. The zero-order valence-corrected chi connectivity index (χ0v) is 16.6. The minimum Gasteiger partial charge on any atom is -0.494 e. The monoisotopic (exact) mass is 411 g/mol. The molecule has 0 radical (unpaired) electrons. The molecule has 0 atom stereocenters. The number of nitrogens with zero attached hydrogens (tertiary/aromatic N) is 5. The van der Waals surface area contributed by atoms with Crippen LogP contribution in [-0.2, 0) is 0 Å². The second kappa shape index (κ2) is 7.49. The average Bonchev–Trinajstić information content (AvgIpc) is 3.16. The van der Waals surface area contributed by atoms with E-state index in [1.54, 1.807) is 12.1 Å². The summed E-state index contributed by atoms with van der Waals surface area (Å²) in [5.74, 6) is 1.37. The van der Waals surface area contributed by atoms with Gasteiger partial charge in [-0.25, -0.2) is 15.0 Å². The van der Waals surface area contributed by atoms with E-state index in [0.717, 1.165) is 28.0 Å². The van der Waals surface area contributed by atoms with Crippen LogP contribution in [-0.4, -0.2) is 31.0 Å². The molecule has 0 spiro atoms. The summed E-state index contributed by atoms with van der Waals surface area (Å²) in [6.07, 6.45) is 0. The molecule has 0 amide bonds. The van der Waals surface area contributed by atoms with Gasteiger partial charge in [-0.1, -0.05) is 12.1 Å². The topological polar surface area (TPSA) is 96.0 Å². The Labute approximate surface area is 176 Å². The summed E-state index contributed by atoms with van der Waals surface area (Å²) in [6, 6.07) is 21.6. The van der Waals surface area contributed by atoms with Crippen molar-refractivity contribution in [2.45, 2.75) is 6.92 Å². The lowest BCUT2D eigenvalue weighted by Gasteiger charge is -2.10. The maximum absolute atomic E-state index is 11.1. The summed E-state index contributed by atoms with van der Waals surface area (Å²) in [5.41, 5.74) is 4.21. The van der Waals surface area contributed by atoms with Crippen molar-refractivity contribution in [1.82, 2.24) is 19.5 Å². The Kier molecular flexibility index (Phi) is 4.51. The van der Waals surface area contributed by atoms with Gasteiger partial charge in [-0.3, -0.25) is 14.7 Å². The molecule has 3 aromatic carbocycles. The highest BCUT2D eigenvalue weighted by molar-refractivity contribution is 5.86. The first kappa shape index (κ1) is 18.7. The highest BCUT2D eigenvalue weighted by atomic mass is 16.6. The second-order valence-corrected chi connectivity index (χ2v) is 6.86. The molecule has 0 aliphatic carbocycles. The van der Waals surface area contributed by atoms with Crippen LogP contribution in [0.1, 0.15) is 6.92 Å². The van der Waals surface area contributed by atoms with Gasteiger partial charge in [0.05, 0.1) is 22.6 Å². The van der Waals surface area contributed by atoms with Crippen LogP contribution >= 0.6 is 0 Å². The number of para-hydroxylation sites is 2. The van der Waals surface area contributed by atoms with Gasteiger partial charge in [0.25, 0.3) is 5.69 Å². The zero-order chi connectivity index (χ0) is 21.4. The van der Waals surface area contributed by atoms with Crippen molar-refractivity contribution in [1.29, 1.82) is 0 Å². The van der Waals surface area contributed by atoms with Gasteiger partial charge in [-0.05, 0) is 55.5 Å². The van der Waals surface area contributed by atoms with Gasteiger partial charge in [0.2, 0.25) is 0 Å². The predicted octanol–water partition coefficient (Wildman–Crippen LogP) is 4.94. The number of hydrogen-bond acceptors (Lipinski definition) is 6. The molecule has 5 rings (SSSR count). The number of ether oxygens (including phenoxy) is 1. The van der Waals surface area contributed by atoms with Gasteiger partial charge < -0.3 is 4.74 Å². The first-order chi connectivity index (χ1) is 15.1. The average molecular weight is 411 g/mol. The molecular formula is C23H17N5O3. The first-order valence-corrected chi connectivity index (χ1v) is 9.77. The predicted molar refractivity (Wildman–Crippen MR) is 117 cm³/mol. The molecule has 0 saturated heterocycles. The van der Waals surface area contributed by atoms with E-state index in [1.807, 2.05) is 60.0 Å². The number of benzene rings is 3. The van der Waals surface area contributed by atoms with E-state index in [4.69, 9.17) is 14.7 Å². The van der Waals surface area contributed by atoms with Gasteiger partial charge in [0.15, 0.2) is 11.3 Å². The first-order valence-electron chi connectivity index (χ1n) is 9.77. The van der Waals surface area contributed by atoms with E-state index in [9.17, 15) is 10.1 Å². The lowest BCUT2D eigenvalue weighted by Crippen LogP contribution is -2.00.